The molecule has 0 radical (unpaired) electrons. The van der Waals surface area contributed by atoms with Crippen LogP contribution in [-0.4, -0.2) is 36.1 Å². The quantitative estimate of drug-likeness (QED) is 0.837. The van der Waals surface area contributed by atoms with Crippen molar-refractivity contribution in [2.45, 2.75) is 76.8 Å². The van der Waals surface area contributed by atoms with Gasteiger partial charge in [-0.15, -0.1) is 0 Å². The maximum Gasteiger partial charge on any atom is 0.0334 e. The zero-order valence-corrected chi connectivity index (χ0v) is 13.0. The van der Waals surface area contributed by atoms with Crippen LogP contribution in [0.5, 0.6) is 0 Å². The molecule has 0 bridgehead atoms. The summed E-state index contributed by atoms with van der Waals surface area (Å²) >= 11 is 0. The van der Waals surface area contributed by atoms with Crippen molar-refractivity contribution >= 4 is 0 Å². The number of piperazine rings is 1. The van der Waals surface area contributed by atoms with Crippen LogP contribution in [0, 0.1) is 11.8 Å². The van der Waals surface area contributed by atoms with Crippen LogP contribution in [0.1, 0.15) is 65.2 Å². The summed E-state index contributed by atoms with van der Waals surface area (Å²) in [5, 5.41) is 3.92. The maximum absolute atomic E-state index is 3.92. The summed E-state index contributed by atoms with van der Waals surface area (Å²) in [6, 6.07) is 0.802. The predicted octanol–water partition coefficient (Wildman–Crippen LogP) is 3.42. The summed E-state index contributed by atoms with van der Waals surface area (Å²) in [5.74, 6) is 1.86. The minimum Gasteiger partial charge on any atom is -0.311 e. The summed E-state index contributed by atoms with van der Waals surface area (Å²) in [4.78, 5) is 2.92. The molecule has 1 N–H and O–H groups in total. The summed E-state index contributed by atoms with van der Waals surface area (Å²) in [6.07, 6.45) is 11.5. The van der Waals surface area contributed by atoms with Crippen molar-refractivity contribution in [2.24, 2.45) is 11.8 Å². The van der Waals surface area contributed by atoms with Gasteiger partial charge in [0.1, 0.15) is 0 Å². The Hall–Kier alpha value is -0.0800. The highest BCUT2D eigenvalue weighted by Crippen LogP contribution is 2.40. The molecule has 19 heavy (non-hydrogen) atoms. The van der Waals surface area contributed by atoms with Gasteiger partial charge in [-0.25, -0.2) is 0 Å². The molecule has 3 aliphatic rings. The predicted molar refractivity (Wildman–Crippen MR) is 81.4 cm³/mol. The van der Waals surface area contributed by atoms with Crippen LogP contribution in [0.25, 0.3) is 0 Å². The highest BCUT2D eigenvalue weighted by Gasteiger charge is 2.45. The lowest BCUT2D eigenvalue weighted by molar-refractivity contribution is -0.00345. The van der Waals surface area contributed by atoms with Gasteiger partial charge in [-0.2, -0.15) is 0 Å². The molecule has 2 atom stereocenters. The Balaban J connectivity index is 1.69. The van der Waals surface area contributed by atoms with Gasteiger partial charge in [-0.1, -0.05) is 39.5 Å². The second-order valence-electron chi connectivity index (χ2n) is 7.53. The van der Waals surface area contributed by atoms with E-state index in [1.54, 1.807) is 0 Å². The third kappa shape index (κ3) is 3.00. The molecule has 3 rings (SSSR count). The average Bonchev–Trinajstić information content (AvgIpc) is 3.27. The molecule has 3 fully saturated rings. The van der Waals surface area contributed by atoms with Gasteiger partial charge in [0.25, 0.3) is 0 Å². The van der Waals surface area contributed by atoms with Crippen LogP contribution in [0.3, 0.4) is 0 Å². The van der Waals surface area contributed by atoms with Gasteiger partial charge in [-0.05, 0) is 37.5 Å². The van der Waals surface area contributed by atoms with E-state index in [0.717, 1.165) is 17.9 Å². The molecule has 1 aliphatic heterocycles. The van der Waals surface area contributed by atoms with Gasteiger partial charge in [0.15, 0.2) is 0 Å². The van der Waals surface area contributed by atoms with E-state index in [9.17, 15) is 0 Å². The number of nitrogens with one attached hydrogen (secondary N) is 1. The van der Waals surface area contributed by atoms with Crippen LogP contribution in [-0.2, 0) is 0 Å². The minimum absolute atomic E-state index is 0.521. The van der Waals surface area contributed by atoms with Crippen molar-refractivity contribution < 1.29 is 0 Å². The lowest BCUT2D eigenvalue weighted by atomic mass is 9.77. The molecular weight excluding hydrogens is 232 g/mol. The Bertz CT molecular complexity index is 292. The zero-order chi connectivity index (χ0) is 13.3. The summed E-state index contributed by atoms with van der Waals surface area (Å²) in [6.45, 7) is 8.71. The first-order chi connectivity index (χ1) is 9.23. The fourth-order valence-electron chi connectivity index (χ4n) is 4.22. The van der Waals surface area contributed by atoms with E-state index < -0.39 is 0 Å². The third-order valence-electron chi connectivity index (χ3n) is 5.99. The maximum atomic E-state index is 3.92. The molecule has 2 aliphatic carbocycles. The van der Waals surface area contributed by atoms with Crippen molar-refractivity contribution in [1.82, 2.24) is 10.2 Å². The van der Waals surface area contributed by atoms with E-state index in [-0.39, 0.29) is 0 Å². The Morgan fingerprint density at radius 2 is 1.95 bits per heavy atom. The zero-order valence-electron chi connectivity index (χ0n) is 13.0. The summed E-state index contributed by atoms with van der Waals surface area (Å²) < 4.78 is 0. The molecule has 0 aromatic rings. The Labute approximate surface area is 119 Å². The molecule has 1 spiro atoms. The molecule has 0 aromatic carbocycles. The Morgan fingerprint density at radius 3 is 2.58 bits per heavy atom. The molecule has 1 heterocycles. The number of hydrogen-bond donors (Lipinski definition) is 1. The first-order valence-corrected chi connectivity index (χ1v) is 8.72. The SMILES string of the molecule is CCC(C)CN1CC(C2CC2)NCC12CCCCC2. The average molecular weight is 264 g/mol. The topological polar surface area (TPSA) is 15.3 Å². The van der Waals surface area contributed by atoms with Gasteiger partial charge < -0.3 is 5.32 Å². The molecule has 2 heteroatoms. The van der Waals surface area contributed by atoms with Gasteiger partial charge in [0.2, 0.25) is 0 Å². The monoisotopic (exact) mass is 264 g/mol. The second kappa shape index (κ2) is 5.73. The molecule has 0 aromatic heterocycles. The second-order valence-corrected chi connectivity index (χ2v) is 7.53. The van der Waals surface area contributed by atoms with E-state index in [2.05, 4.69) is 24.1 Å². The van der Waals surface area contributed by atoms with Crippen LogP contribution in [0.2, 0.25) is 0 Å². The van der Waals surface area contributed by atoms with Gasteiger partial charge >= 0.3 is 0 Å². The Morgan fingerprint density at radius 1 is 1.21 bits per heavy atom. The van der Waals surface area contributed by atoms with E-state index in [1.165, 1.54) is 71.0 Å². The van der Waals surface area contributed by atoms with E-state index in [0.29, 0.717) is 5.54 Å². The molecule has 1 saturated heterocycles. The molecular formula is C17H32N2. The number of hydrogen-bond acceptors (Lipinski definition) is 2. The fourth-order valence-corrected chi connectivity index (χ4v) is 4.22. The smallest absolute Gasteiger partial charge is 0.0334 e. The van der Waals surface area contributed by atoms with E-state index >= 15 is 0 Å². The van der Waals surface area contributed by atoms with Crippen molar-refractivity contribution in [3.05, 3.63) is 0 Å². The lowest BCUT2D eigenvalue weighted by Crippen LogP contribution is -2.66. The molecule has 2 unspecified atom stereocenters. The highest BCUT2D eigenvalue weighted by atomic mass is 15.3. The van der Waals surface area contributed by atoms with Gasteiger partial charge in [0.05, 0.1) is 0 Å². The summed E-state index contributed by atoms with van der Waals surface area (Å²) in [7, 11) is 0. The molecule has 0 amide bonds. The number of rotatable bonds is 4. The first kappa shape index (κ1) is 13.9. The van der Waals surface area contributed by atoms with Crippen molar-refractivity contribution in [3.63, 3.8) is 0 Å². The number of nitrogens with zero attached hydrogens (tertiary/aromatic N) is 1. The van der Waals surface area contributed by atoms with Crippen molar-refractivity contribution in [2.75, 3.05) is 19.6 Å². The van der Waals surface area contributed by atoms with Crippen molar-refractivity contribution in [1.29, 1.82) is 0 Å². The minimum atomic E-state index is 0.521. The van der Waals surface area contributed by atoms with Crippen LogP contribution < -0.4 is 5.32 Å². The first-order valence-electron chi connectivity index (χ1n) is 8.72. The van der Waals surface area contributed by atoms with Gasteiger partial charge in [0, 0.05) is 31.2 Å². The molecule has 2 saturated carbocycles. The third-order valence-corrected chi connectivity index (χ3v) is 5.99. The van der Waals surface area contributed by atoms with Crippen molar-refractivity contribution in [3.8, 4) is 0 Å². The largest absolute Gasteiger partial charge is 0.311 e. The van der Waals surface area contributed by atoms with Gasteiger partial charge in [-0.3, -0.25) is 4.90 Å². The molecule has 110 valence electrons. The standard InChI is InChI=1S/C17H32N2/c1-3-14(2)11-19-12-16(15-7-8-15)18-13-17(19)9-5-4-6-10-17/h14-16,18H,3-13H2,1-2H3. The van der Waals surface area contributed by atoms with Crippen LogP contribution in [0.4, 0.5) is 0 Å². The Kier molecular flexibility index (Phi) is 4.19. The normalized spacial score (nSPS) is 33.5. The van der Waals surface area contributed by atoms with E-state index in [1.807, 2.05) is 0 Å². The van der Waals surface area contributed by atoms with Crippen LogP contribution >= 0.6 is 0 Å². The molecule has 2 nitrogen and oxygen atoms in total. The summed E-state index contributed by atoms with van der Waals surface area (Å²) in [5.41, 5.74) is 0.521. The fraction of sp³-hybridized carbons (Fsp3) is 1.00. The van der Waals surface area contributed by atoms with Crippen LogP contribution in [0.15, 0.2) is 0 Å². The highest BCUT2D eigenvalue weighted by molar-refractivity contribution is 5.03. The van der Waals surface area contributed by atoms with E-state index in [4.69, 9.17) is 0 Å². The lowest BCUT2D eigenvalue weighted by Gasteiger charge is -2.53.